The van der Waals surface area contributed by atoms with Gasteiger partial charge in [0.25, 0.3) is 0 Å². The minimum atomic E-state index is 0. The molecule has 0 radical (unpaired) electrons. The van der Waals surface area contributed by atoms with Gasteiger partial charge in [-0.2, -0.15) is 0 Å². The maximum Gasteiger partial charge on any atom is 0.248 e. The number of guanidine groups is 1. The Bertz CT molecular complexity index is 779. The molecule has 0 fully saturated rings. The molecule has 1 unspecified atom stereocenters. The highest BCUT2D eigenvalue weighted by Crippen LogP contribution is 2.27. The van der Waals surface area contributed by atoms with Crippen LogP contribution < -0.4 is 15.5 Å². The molecule has 144 valence electrons. The fraction of sp³-hybridized carbons (Fsp3) is 0.333. The molecule has 6 heteroatoms. The van der Waals surface area contributed by atoms with Gasteiger partial charge in [0.2, 0.25) is 5.91 Å². The van der Waals surface area contributed by atoms with Crippen LogP contribution in [-0.2, 0) is 11.2 Å². The summed E-state index contributed by atoms with van der Waals surface area (Å²) in [6, 6.07) is 18.4. The van der Waals surface area contributed by atoms with Crippen LogP contribution >= 0.6 is 24.0 Å². The van der Waals surface area contributed by atoms with E-state index in [1.165, 1.54) is 11.1 Å². The van der Waals surface area contributed by atoms with Crippen molar-refractivity contribution in [3.05, 3.63) is 65.7 Å². The normalized spacial score (nSPS) is 14.1. The fourth-order valence-corrected chi connectivity index (χ4v) is 3.18. The van der Waals surface area contributed by atoms with E-state index in [1.807, 2.05) is 48.2 Å². The molecule has 1 aliphatic rings. The minimum absolute atomic E-state index is 0. The van der Waals surface area contributed by atoms with E-state index in [0.717, 1.165) is 25.2 Å². The lowest BCUT2D eigenvalue weighted by molar-refractivity contribution is -0.117. The van der Waals surface area contributed by atoms with Crippen molar-refractivity contribution in [1.82, 2.24) is 10.6 Å². The van der Waals surface area contributed by atoms with Crippen LogP contribution in [-0.4, -0.2) is 31.5 Å². The van der Waals surface area contributed by atoms with Crippen molar-refractivity contribution < 1.29 is 4.79 Å². The zero-order valence-corrected chi connectivity index (χ0v) is 18.1. The first-order chi connectivity index (χ1) is 12.7. The second kappa shape index (κ2) is 10.3. The highest BCUT2D eigenvalue weighted by atomic mass is 127. The topological polar surface area (TPSA) is 56.7 Å². The van der Waals surface area contributed by atoms with Crippen molar-refractivity contribution in [2.24, 2.45) is 4.99 Å². The maximum atomic E-state index is 12.6. The van der Waals surface area contributed by atoms with E-state index in [0.29, 0.717) is 5.96 Å². The molecule has 1 amide bonds. The van der Waals surface area contributed by atoms with Gasteiger partial charge in [0.15, 0.2) is 5.96 Å². The molecular weight excluding hydrogens is 451 g/mol. The number of nitrogens with one attached hydrogen (secondary N) is 2. The Kier molecular flexibility index (Phi) is 8.09. The van der Waals surface area contributed by atoms with E-state index < -0.39 is 0 Å². The first kappa shape index (κ1) is 21.2. The highest BCUT2D eigenvalue weighted by Gasteiger charge is 2.23. The molecule has 0 saturated heterocycles. The lowest BCUT2D eigenvalue weighted by Crippen LogP contribution is -2.40. The Morgan fingerprint density at radius 3 is 2.59 bits per heavy atom. The van der Waals surface area contributed by atoms with E-state index in [9.17, 15) is 4.79 Å². The molecule has 1 aliphatic heterocycles. The lowest BCUT2D eigenvalue weighted by atomic mass is 10.1. The number of hydrogen-bond acceptors (Lipinski definition) is 2. The molecule has 0 aromatic heterocycles. The van der Waals surface area contributed by atoms with E-state index in [-0.39, 0.29) is 42.5 Å². The molecule has 0 spiro atoms. The zero-order valence-electron chi connectivity index (χ0n) is 15.8. The minimum Gasteiger partial charge on any atom is -0.357 e. The molecule has 0 bridgehead atoms. The number of hydrogen-bond donors (Lipinski definition) is 2. The quantitative estimate of drug-likeness (QED) is 0.393. The molecule has 3 rings (SSSR count). The molecule has 0 aliphatic carbocycles. The summed E-state index contributed by atoms with van der Waals surface area (Å²) in [6.07, 6.45) is 0.912. The van der Waals surface area contributed by atoms with Crippen LogP contribution in [0, 0.1) is 0 Å². The highest BCUT2D eigenvalue weighted by molar-refractivity contribution is 14.0. The number of fused-ring (bicyclic) bond motifs is 1. The number of nitrogens with zero attached hydrogens (tertiary/aromatic N) is 2. The average Bonchev–Trinajstić information content (AvgIpc) is 3.11. The van der Waals surface area contributed by atoms with Crippen molar-refractivity contribution in [2.75, 3.05) is 24.5 Å². The van der Waals surface area contributed by atoms with Gasteiger partial charge in [-0.3, -0.25) is 4.79 Å². The third-order valence-electron chi connectivity index (χ3n) is 4.56. The summed E-state index contributed by atoms with van der Waals surface area (Å²) in [5.41, 5.74) is 3.42. The smallest absolute Gasteiger partial charge is 0.248 e. The van der Waals surface area contributed by atoms with E-state index in [4.69, 9.17) is 0 Å². The summed E-state index contributed by atoms with van der Waals surface area (Å²) in [7, 11) is 0. The van der Waals surface area contributed by atoms with Crippen LogP contribution in [0.3, 0.4) is 0 Å². The van der Waals surface area contributed by atoms with E-state index in [1.54, 1.807) is 0 Å². The first-order valence-electron chi connectivity index (χ1n) is 9.17. The Morgan fingerprint density at radius 1 is 1.15 bits per heavy atom. The fourth-order valence-electron chi connectivity index (χ4n) is 3.18. The number of carbonyl (C=O) groups excluding carboxylic acids is 1. The van der Waals surface area contributed by atoms with Crippen molar-refractivity contribution >= 4 is 41.5 Å². The zero-order chi connectivity index (χ0) is 18.4. The Balaban J connectivity index is 0.00000261. The van der Waals surface area contributed by atoms with Crippen LogP contribution in [0.15, 0.2) is 59.6 Å². The molecular formula is C21H27IN4O. The summed E-state index contributed by atoms with van der Waals surface area (Å²) >= 11 is 0. The third kappa shape index (κ3) is 5.45. The van der Waals surface area contributed by atoms with Gasteiger partial charge in [-0.25, -0.2) is 4.99 Å². The monoisotopic (exact) mass is 478 g/mol. The van der Waals surface area contributed by atoms with Gasteiger partial charge in [0.1, 0.15) is 6.54 Å². The molecule has 2 N–H and O–H groups in total. The molecule has 1 atom stereocenters. The van der Waals surface area contributed by atoms with Gasteiger partial charge in [-0.1, -0.05) is 48.5 Å². The molecule has 2 aromatic rings. The Labute approximate surface area is 178 Å². The maximum absolute atomic E-state index is 12.6. The standard InChI is InChI=1S/C21H26N4O.HI/c1-3-22-21(24-16(2)17-9-5-4-6-10-17)23-15-20(26)25-14-13-18-11-7-8-12-19(18)25;/h4-12,16H,3,13-15H2,1-2H3,(H2,22,23,24);1H. The average molecular weight is 478 g/mol. The van der Waals surface area contributed by atoms with Crippen LogP contribution in [0.4, 0.5) is 5.69 Å². The number of amides is 1. The Morgan fingerprint density at radius 2 is 1.85 bits per heavy atom. The van der Waals surface area contributed by atoms with E-state index in [2.05, 4.69) is 40.7 Å². The van der Waals surface area contributed by atoms with Crippen LogP contribution in [0.5, 0.6) is 0 Å². The largest absolute Gasteiger partial charge is 0.357 e. The van der Waals surface area contributed by atoms with Gasteiger partial charge < -0.3 is 15.5 Å². The van der Waals surface area contributed by atoms with Crippen LogP contribution in [0.2, 0.25) is 0 Å². The predicted molar refractivity (Wildman–Crippen MR) is 122 cm³/mol. The van der Waals surface area contributed by atoms with E-state index >= 15 is 0 Å². The summed E-state index contributed by atoms with van der Waals surface area (Å²) in [4.78, 5) is 19.0. The summed E-state index contributed by atoms with van der Waals surface area (Å²) in [5, 5.41) is 6.58. The third-order valence-corrected chi connectivity index (χ3v) is 4.56. The lowest BCUT2D eigenvalue weighted by Gasteiger charge is -2.19. The predicted octanol–water partition coefficient (Wildman–Crippen LogP) is 3.51. The summed E-state index contributed by atoms with van der Waals surface area (Å²) < 4.78 is 0. The number of halogens is 1. The van der Waals surface area contributed by atoms with Gasteiger partial charge in [-0.15, -0.1) is 24.0 Å². The molecule has 27 heavy (non-hydrogen) atoms. The molecule has 5 nitrogen and oxygen atoms in total. The Hall–Kier alpha value is -2.09. The summed E-state index contributed by atoms with van der Waals surface area (Å²) in [5.74, 6) is 0.684. The number of anilines is 1. The van der Waals surface area contributed by atoms with Crippen molar-refractivity contribution in [3.8, 4) is 0 Å². The van der Waals surface area contributed by atoms with Crippen LogP contribution in [0.1, 0.15) is 31.0 Å². The second-order valence-electron chi connectivity index (χ2n) is 6.40. The van der Waals surface area contributed by atoms with Gasteiger partial charge in [-0.05, 0) is 37.5 Å². The number of carbonyl (C=O) groups is 1. The number of aliphatic imine (C=N–C) groups is 1. The van der Waals surface area contributed by atoms with Gasteiger partial charge in [0.05, 0.1) is 6.04 Å². The number of benzene rings is 2. The number of para-hydroxylation sites is 1. The first-order valence-corrected chi connectivity index (χ1v) is 9.17. The van der Waals surface area contributed by atoms with Crippen LogP contribution in [0.25, 0.3) is 0 Å². The molecule has 0 saturated carbocycles. The van der Waals surface area contributed by atoms with Crippen molar-refractivity contribution in [1.29, 1.82) is 0 Å². The number of rotatable bonds is 5. The molecule has 2 aromatic carbocycles. The SMILES string of the molecule is CCNC(=NCC(=O)N1CCc2ccccc21)NC(C)c1ccccc1.I. The molecule has 1 heterocycles. The van der Waals surface area contributed by atoms with Crippen molar-refractivity contribution in [2.45, 2.75) is 26.3 Å². The second-order valence-corrected chi connectivity index (χ2v) is 6.40. The van der Waals surface area contributed by atoms with Crippen molar-refractivity contribution in [3.63, 3.8) is 0 Å². The summed E-state index contributed by atoms with van der Waals surface area (Å²) in [6.45, 7) is 5.71. The van der Waals surface area contributed by atoms with Gasteiger partial charge >= 0.3 is 0 Å². The van der Waals surface area contributed by atoms with Gasteiger partial charge in [0, 0.05) is 18.8 Å².